The van der Waals surface area contributed by atoms with Gasteiger partial charge in [-0.3, -0.25) is 0 Å². The summed E-state index contributed by atoms with van der Waals surface area (Å²) < 4.78 is 5.22. The van der Waals surface area contributed by atoms with E-state index in [-0.39, 0.29) is 11.5 Å². The molecule has 0 amide bonds. The van der Waals surface area contributed by atoms with Crippen LogP contribution in [0.3, 0.4) is 0 Å². The summed E-state index contributed by atoms with van der Waals surface area (Å²) in [6, 6.07) is 17.3. The van der Waals surface area contributed by atoms with Crippen LogP contribution in [0.4, 0.5) is 0 Å². The van der Waals surface area contributed by atoms with E-state index in [1.54, 1.807) is 7.11 Å². The SMILES string of the molecule is CNC(c1ccc(OC)cc1)c1ccc(C(C)(C)C)cc1. The molecule has 2 aromatic rings. The molecule has 2 nitrogen and oxygen atoms in total. The predicted octanol–water partition coefficient (Wildman–Crippen LogP) is 4.30. The van der Waals surface area contributed by atoms with Gasteiger partial charge in [-0.1, -0.05) is 57.2 Å². The molecule has 1 unspecified atom stereocenters. The first-order valence-electron chi connectivity index (χ1n) is 7.37. The van der Waals surface area contributed by atoms with Crippen LogP contribution in [0.15, 0.2) is 48.5 Å². The highest BCUT2D eigenvalue weighted by Crippen LogP contribution is 2.27. The fraction of sp³-hybridized carbons (Fsp3) is 0.368. The van der Waals surface area contributed by atoms with Gasteiger partial charge in [0.05, 0.1) is 13.2 Å². The molecule has 2 heteroatoms. The van der Waals surface area contributed by atoms with Crippen molar-refractivity contribution in [2.75, 3.05) is 14.2 Å². The highest BCUT2D eigenvalue weighted by atomic mass is 16.5. The quantitative estimate of drug-likeness (QED) is 0.903. The first-order chi connectivity index (χ1) is 9.95. The minimum Gasteiger partial charge on any atom is -0.497 e. The molecule has 2 aromatic carbocycles. The average molecular weight is 283 g/mol. The van der Waals surface area contributed by atoms with Crippen LogP contribution in [0.1, 0.15) is 43.5 Å². The summed E-state index contributed by atoms with van der Waals surface area (Å²) in [5.41, 5.74) is 4.06. The Morgan fingerprint density at radius 3 is 1.71 bits per heavy atom. The third-order valence-electron chi connectivity index (χ3n) is 3.85. The summed E-state index contributed by atoms with van der Waals surface area (Å²) in [4.78, 5) is 0. The molecule has 1 N–H and O–H groups in total. The topological polar surface area (TPSA) is 21.3 Å². The zero-order chi connectivity index (χ0) is 15.5. The molecular formula is C19H25NO. The number of ether oxygens (including phenoxy) is 1. The third kappa shape index (κ3) is 3.64. The molecule has 0 saturated carbocycles. The normalized spacial score (nSPS) is 13.0. The second-order valence-electron chi connectivity index (χ2n) is 6.37. The van der Waals surface area contributed by atoms with Gasteiger partial charge in [-0.05, 0) is 41.3 Å². The summed E-state index contributed by atoms with van der Waals surface area (Å²) in [5, 5.41) is 3.39. The van der Waals surface area contributed by atoms with Crippen molar-refractivity contribution in [3.8, 4) is 5.75 Å². The Morgan fingerprint density at radius 2 is 1.33 bits per heavy atom. The number of methoxy groups -OCH3 is 1. The Balaban J connectivity index is 2.28. The molecular weight excluding hydrogens is 258 g/mol. The Labute approximate surface area is 128 Å². The van der Waals surface area contributed by atoms with Gasteiger partial charge in [-0.25, -0.2) is 0 Å². The summed E-state index contributed by atoms with van der Waals surface area (Å²) in [7, 11) is 3.68. The lowest BCUT2D eigenvalue weighted by Crippen LogP contribution is -2.18. The molecule has 0 aromatic heterocycles. The summed E-state index contributed by atoms with van der Waals surface area (Å²) in [5.74, 6) is 0.886. The Morgan fingerprint density at radius 1 is 0.857 bits per heavy atom. The molecule has 0 aliphatic heterocycles. The summed E-state index contributed by atoms with van der Waals surface area (Å²) >= 11 is 0. The smallest absolute Gasteiger partial charge is 0.118 e. The maximum absolute atomic E-state index is 5.22. The van der Waals surface area contributed by atoms with Gasteiger partial charge in [-0.2, -0.15) is 0 Å². The zero-order valence-corrected chi connectivity index (χ0v) is 13.6. The lowest BCUT2D eigenvalue weighted by Gasteiger charge is -2.22. The van der Waals surface area contributed by atoms with Crippen molar-refractivity contribution in [3.05, 3.63) is 65.2 Å². The van der Waals surface area contributed by atoms with Gasteiger partial charge in [0.15, 0.2) is 0 Å². The van der Waals surface area contributed by atoms with Gasteiger partial charge < -0.3 is 10.1 Å². The largest absolute Gasteiger partial charge is 0.497 e. The van der Waals surface area contributed by atoms with Crippen LogP contribution in [0.2, 0.25) is 0 Å². The van der Waals surface area contributed by atoms with Crippen molar-refractivity contribution >= 4 is 0 Å². The lowest BCUT2D eigenvalue weighted by atomic mass is 9.86. The van der Waals surface area contributed by atoms with Crippen LogP contribution in [0.5, 0.6) is 5.75 Å². The molecule has 0 saturated heterocycles. The third-order valence-corrected chi connectivity index (χ3v) is 3.85. The van der Waals surface area contributed by atoms with Crippen molar-refractivity contribution in [1.82, 2.24) is 5.32 Å². The fourth-order valence-corrected chi connectivity index (χ4v) is 2.50. The van der Waals surface area contributed by atoms with Gasteiger partial charge in [0.1, 0.15) is 5.75 Å². The highest BCUT2D eigenvalue weighted by molar-refractivity contribution is 5.37. The van der Waals surface area contributed by atoms with E-state index in [0.29, 0.717) is 0 Å². The van der Waals surface area contributed by atoms with Crippen LogP contribution in [-0.2, 0) is 5.41 Å². The van der Waals surface area contributed by atoms with Gasteiger partial charge in [0.25, 0.3) is 0 Å². The van der Waals surface area contributed by atoms with Crippen molar-refractivity contribution in [2.45, 2.75) is 32.2 Å². The van der Waals surface area contributed by atoms with E-state index in [0.717, 1.165) is 5.75 Å². The van der Waals surface area contributed by atoms with Gasteiger partial charge >= 0.3 is 0 Å². The molecule has 21 heavy (non-hydrogen) atoms. The second-order valence-corrected chi connectivity index (χ2v) is 6.37. The molecule has 0 bridgehead atoms. The van der Waals surface area contributed by atoms with Crippen LogP contribution in [-0.4, -0.2) is 14.2 Å². The Hall–Kier alpha value is -1.80. The van der Waals surface area contributed by atoms with E-state index in [1.165, 1.54) is 16.7 Å². The summed E-state index contributed by atoms with van der Waals surface area (Å²) in [6.07, 6.45) is 0. The number of hydrogen-bond acceptors (Lipinski definition) is 2. The number of nitrogens with one attached hydrogen (secondary N) is 1. The minimum atomic E-state index is 0.188. The van der Waals surface area contributed by atoms with E-state index < -0.39 is 0 Å². The standard InChI is InChI=1S/C19H25NO/c1-19(2,3)16-10-6-14(7-11-16)18(20-4)15-8-12-17(21-5)13-9-15/h6-13,18,20H,1-5H3. The molecule has 0 aliphatic rings. The van der Waals surface area contributed by atoms with Crippen molar-refractivity contribution < 1.29 is 4.74 Å². The predicted molar refractivity (Wildman–Crippen MR) is 89.0 cm³/mol. The van der Waals surface area contributed by atoms with Crippen molar-refractivity contribution in [3.63, 3.8) is 0 Å². The first-order valence-corrected chi connectivity index (χ1v) is 7.37. The van der Waals surface area contributed by atoms with Gasteiger partial charge in [0, 0.05) is 0 Å². The molecule has 112 valence electrons. The summed E-state index contributed by atoms with van der Waals surface area (Å²) in [6.45, 7) is 6.71. The zero-order valence-electron chi connectivity index (χ0n) is 13.6. The molecule has 0 aliphatic carbocycles. The van der Waals surface area contributed by atoms with Crippen LogP contribution < -0.4 is 10.1 Å². The number of hydrogen-bond donors (Lipinski definition) is 1. The fourth-order valence-electron chi connectivity index (χ4n) is 2.50. The molecule has 0 fully saturated rings. The monoisotopic (exact) mass is 283 g/mol. The number of benzene rings is 2. The van der Waals surface area contributed by atoms with Gasteiger partial charge in [0.2, 0.25) is 0 Å². The van der Waals surface area contributed by atoms with Crippen LogP contribution >= 0.6 is 0 Å². The van der Waals surface area contributed by atoms with Crippen molar-refractivity contribution in [2.24, 2.45) is 0 Å². The second kappa shape index (κ2) is 6.31. The van der Waals surface area contributed by atoms with Gasteiger partial charge in [-0.15, -0.1) is 0 Å². The maximum atomic E-state index is 5.22. The van der Waals surface area contributed by atoms with E-state index in [2.05, 4.69) is 62.5 Å². The molecule has 0 spiro atoms. The highest BCUT2D eigenvalue weighted by Gasteiger charge is 2.16. The molecule has 0 heterocycles. The van der Waals surface area contributed by atoms with Crippen molar-refractivity contribution in [1.29, 1.82) is 0 Å². The Kier molecular flexibility index (Phi) is 4.69. The number of rotatable bonds is 4. The van der Waals surface area contributed by atoms with E-state index >= 15 is 0 Å². The maximum Gasteiger partial charge on any atom is 0.118 e. The van der Waals surface area contributed by atoms with E-state index in [4.69, 9.17) is 4.74 Å². The molecule has 2 rings (SSSR count). The average Bonchev–Trinajstić information content (AvgIpc) is 2.48. The first kappa shape index (κ1) is 15.6. The van der Waals surface area contributed by atoms with Crippen LogP contribution in [0, 0.1) is 0 Å². The minimum absolute atomic E-state index is 0.188. The molecule has 1 atom stereocenters. The van der Waals surface area contributed by atoms with E-state index in [1.807, 2.05) is 19.2 Å². The van der Waals surface area contributed by atoms with Crippen LogP contribution in [0.25, 0.3) is 0 Å². The van der Waals surface area contributed by atoms with E-state index in [9.17, 15) is 0 Å². The Bertz CT molecular complexity index is 564. The molecule has 0 radical (unpaired) electrons. The lowest BCUT2D eigenvalue weighted by molar-refractivity contribution is 0.414.